The highest BCUT2D eigenvalue weighted by Crippen LogP contribution is 2.30. The van der Waals surface area contributed by atoms with Gasteiger partial charge in [-0.3, -0.25) is 4.79 Å². The lowest BCUT2D eigenvalue weighted by Crippen LogP contribution is -2.46. The number of Topliss-reactive ketones (excluding diaryl/α,β-unsaturated/α-hetero) is 1. The number of benzene rings is 1. The molecule has 11 heteroatoms. The molecular weight excluding hydrogens is 418 g/mol. The highest BCUT2D eigenvalue weighted by atomic mass is 19.4. The smallest absolute Gasteiger partial charge is 0.330 e. The normalized spacial score (nSPS) is 16.9. The molecule has 1 aliphatic rings. The van der Waals surface area contributed by atoms with Gasteiger partial charge in [0.15, 0.2) is 5.78 Å². The number of nitrogens with zero attached hydrogens (tertiary/aromatic N) is 4. The zero-order chi connectivity index (χ0) is 22.9. The van der Waals surface area contributed by atoms with Gasteiger partial charge in [-0.25, -0.2) is 14.2 Å². The van der Waals surface area contributed by atoms with Gasteiger partial charge in [0.1, 0.15) is 17.6 Å². The zero-order valence-electron chi connectivity index (χ0n) is 16.7. The molecule has 0 spiro atoms. The van der Waals surface area contributed by atoms with E-state index in [0.717, 1.165) is 13.0 Å². The third kappa shape index (κ3) is 4.68. The van der Waals surface area contributed by atoms with Crippen molar-refractivity contribution in [2.75, 3.05) is 5.32 Å². The molecule has 1 aliphatic heterocycles. The van der Waals surface area contributed by atoms with Crippen molar-refractivity contribution in [1.82, 2.24) is 14.5 Å². The number of rotatable bonds is 4. The number of anilines is 1. The summed E-state index contributed by atoms with van der Waals surface area (Å²) in [4.78, 5) is 30.6. The average molecular weight is 437 g/mol. The predicted octanol–water partition coefficient (Wildman–Crippen LogP) is 4.10. The monoisotopic (exact) mass is 437 g/mol. The fourth-order valence-corrected chi connectivity index (χ4v) is 3.31. The Morgan fingerprint density at radius 3 is 2.74 bits per heavy atom. The first-order chi connectivity index (χ1) is 14.5. The van der Waals surface area contributed by atoms with Gasteiger partial charge in [0.25, 0.3) is 0 Å². The number of urea groups is 1. The first-order valence-corrected chi connectivity index (χ1v) is 9.42. The second kappa shape index (κ2) is 8.37. The van der Waals surface area contributed by atoms with Crippen LogP contribution in [0.25, 0.3) is 0 Å². The topological polar surface area (TPSA) is 91.0 Å². The largest absolute Gasteiger partial charge is 0.391 e. The third-order valence-corrected chi connectivity index (χ3v) is 5.17. The van der Waals surface area contributed by atoms with Crippen molar-refractivity contribution in [3.63, 3.8) is 0 Å². The molecule has 0 fully saturated rings. The number of amides is 2. The van der Waals surface area contributed by atoms with Crippen molar-refractivity contribution in [2.45, 2.75) is 45.6 Å². The van der Waals surface area contributed by atoms with Crippen molar-refractivity contribution in [3.05, 3.63) is 47.3 Å². The molecule has 0 saturated carbocycles. The number of imidazole rings is 1. The number of aromatic nitrogens is 2. The lowest BCUT2D eigenvalue weighted by Gasteiger charge is -2.34. The van der Waals surface area contributed by atoms with Gasteiger partial charge in [0.05, 0.1) is 30.0 Å². The standard InChI is InChI=1S/C20H19F4N5O2/c1-11(20(22,23)24)5-17(30)18-16-9-29(12(2)8-28(16)10-26-18)19(31)27-14-3-4-15(21)13(6-14)7-25/h3-4,6,10-12H,5,8-9H2,1-2H3,(H,27,31)/t11-,12+/m1/s1. The van der Waals surface area contributed by atoms with E-state index in [0.29, 0.717) is 12.2 Å². The van der Waals surface area contributed by atoms with Crippen LogP contribution in [0, 0.1) is 23.1 Å². The van der Waals surface area contributed by atoms with Gasteiger partial charge in [-0.15, -0.1) is 0 Å². The number of carbonyl (C=O) groups is 2. The molecule has 0 aliphatic carbocycles. The van der Waals surface area contributed by atoms with Gasteiger partial charge in [0.2, 0.25) is 0 Å². The van der Waals surface area contributed by atoms with Crippen LogP contribution in [0.4, 0.5) is 28.0 Å². The van der Waals surface area contributed by atoms with E-state index in [-0.39, 0.29) is 29.5 Å². The number of nitriles is 1. The number of nitrogens with one attached hydrogen (secondary N) is 1. The first kappa shape index (κ1) is 22.3. The van der Waals surface area contributed by atoms with Crippen LogP contribution in [0.2, 0.25) is 0 Å². The molecular formula is C20H19F4N5O2. The Morgan fingerprint density at radius 2 is 2.10 bits per heavy atom. The van der Waals surface area contributed by atoms with Gasteiger partial charge in [-0.1, -0.05) is 6.92 Å². The molecule has 2 aromatic rings. The second-order valence-electron chi connectivity index (χ2n) is 7.48. The van der Waals surface area contributed by atoms with Crippen molar-refractivity contribution in [3.8, 4) is 6.07 Å². The molecule has 7 nitrogen and oxygen atoms in total. The maximum Gasteiger partial charge on any atom is 0.391 e. The Hall–Kier alpha value is -3.42. The van der Waals surface area contributed by atoms with Gasteiger partial charge in [0, 0.05) is 24.7 Å². The predicted molar refractivity (Wildman–Crippen MR) is 102 cm³/mol. The van der Waals surface area contributed by atoms with E-state index >= 15 is 0 Å². The minimum atomic E-state index is -4.49. The summed E-state index contributed by atoms with van der Waals surface area (Å²) in [6, 6.07) is 4.37. The fourth-order valence-electron chi connectivity index (χ4n) is 3.31. The number of hydrogen-bond acceptors (Lipinski definition) is 4. The Morgan fingerprint density at radius 1 is 1.39 bits per heavy atom. The molecule has 3 rings (SSSR count). The molecule has 2 heterocycles. The van der Waals surface area contributed by atoms with E-state index in [1.807, 2.05) is 0 Å². The number of fused-ring (bicyclic) bond motifs is 1. The van der Waals surface area contributed by atoms with Crippen LogP contribution in [0.5, 0.6) is 0 Å². The highest BCUT2D eigenvalue weighted by Gasteiger charge is 2.39. The van der Waals surface area contributed by atoms with Crippen LogP contribution in [0.3, 0.4) is 0 Å². The molecule has 0 bridgehead atoms. The number of alkyl halides is 3. The highest BCUT2D eigenvalue weighted by molar-refractivity contribution is 5.96. The molecule has 1 N–H and O–H groups in total. The summed E-state index contributed by atoms with van der Waals surface area (Å²) in [6.45, 7) is 2.95. The number of carbonyl (C=O) groups excluding carboxylic acids is 2. The second-order valence-corrected chi connectivity index (χ2v) is 7.48. The number of hydrogen-bond donors (Lipinski definition) is 1. The van der Waals surface area contributed by atoms with Gasteiger partial charge < -0.3 is 14.8 Å². The van der Waals surface area contributed by atoms with E-state index in [4.69, 9.17) is 5.26 Å². The quantitative estimate of drug-likeness (QED) is 0.576. The molecule has 2 amide bonds. The van der Waals surface area contributed by atoms with Crippen molar-refractivity contribution in [1.29, 1.82) is 5.26 Å². The Bertz CT molecular complexity index is 1060. The van der Waals surface area contributed by atoms with Crippen LogP contribution in [-0.2, 0) is 13.1 Å². The van der Waals surface area contributed by atoms with E-state index in [1.165, 1.54) is 23.4 Å². The summed E-state index contributed by atoms with van der Waals surface area (Å²) in [6.07, 6.45) is -3.85. The van der Waals surface area contributed by atoms with Gasteiger partial charge in [-0.2, -0.15) is 18.4 Å². The maximum atomic E-state index is 13.5. The fraction of sp³-hybridized carbons (Fsp3) is 0.400. The van der Waals surface area contributed by atoms with Crippen LogP contribution >= 0.6 is 0 Å². The number of halogens is 4. The van der Waals surface area contributed by atoms with Gasteiger partial charge >= 0.3 is 12.2 Å². The summed E-state index contributed by atoms with van der Waals surface area (Å²) < 4.78 is 53.6. The summed E-state index contributed by atoms with van der Waals surface area (Å²) in [5, 5.41) is 11.5. The molecule has 2 atom stereocenters. The molecule has 1 aromatic carbocycles. The lowest BCUT2D eigenvalue weighted by molar-refractivity contribution is -0.168. The minimum Gasteiger partial charge on any atom is -0.330 e. The number of ketones is 1. The third-order valence-electron chi connectivity index (χ3n) is 5.17. The van der Waals surface area contributed by atoms with Crippen molar-refractivity contribution < 1.29 is 27.2 Å². The molecule has 0 saturated heterocycles. The summed E-state index contributed by atoms with van der Waals surface area (Å²) in [5.41, 5.74) is 0.248. The lowest BCUT2D eigenvalue weighted by atomic mass is 10.0. The summed E-state index contributed by atoms with van der Waals surface area (Å²) in [7, 11) is 0. The minimum absolute atomic E-state index is 0.0409. The molecule has 1 aromatic heterocycles. The van der Waals surface area contributed by atoms with Crippen LogP contribution in [-0.4, -0.2) is 38.5 Å². The average Bonchev–Trinajstić information content (AvgIpc) is 3.10. The van der Waals surface area contributed by atoms with Crippen molar-refractivity contribution in [2.24, 2.45) is 5.92 Å². The van der Waals surface area contributed by atoms with E-state index in [2.05, 4.69) is 10.3 Å². The van der Waals surface area contributed by atoms with Crippen LogP contribution in [0.1, 0.15) is 42.0 Å². The zero-order valence-corrected chi connectivity index (χ0v) is 16.7. The first-order valence-electron chi connectivity index (χ1n) is 9.42. The van der Waals surface area contributed by atoms with Crippen LogP contribution in [0.15, 0.2) is 24.5 Å². The Labute approximate surface area is 175 Å². The molecule has 0 unspecified atom stereocenters. The SMILES string of the molecule is C[C@H](CC(=O)c1ncn2c1CN(C(=O)Nc1ccc(F)c(C#N)c1)[C@@H](C)C2)C(F)(F)F. The van der Waals surface area contributed by atoms with Crippen LogP contribution < -0.4 is 5.32 Å². The maximum absolute atomic E-state index is 13.5. The molecule has 0 radical (unpaired) electrons. The summed E-state index contributed by atoms with van der Waals surface area (Å²) in [5.74, 6) is -3.27. The van der Waals surface area contributed by atoms with E-state index in [1.54, 1.807) is 17.6 Å². The molecule has 31 heavy (non-hydrogen) atoms. The van der Waals surface area contributed by atoms with Crippen molar-refractivity contribution >= 4 is 17.5 Å². The van der Waals surface area contributed by atoms with E-state index in [9.17, 15) is 27.2 Å². The van der Waals surface area contributed by atoms with Gasteiger partial charge in [-0.05, 0) is 25.1 Å². The Kier molecular flexibility index (Phi) is 6.01. The Balaban J connectivity index is 1.78. The van der Waals surface area contributed by atoms with E-state index < -0.39 is 36.1 Å². The summed E-state index contributed by atoms with van der Waals surface area (Å²) >= 11 is 0. The molecule has 164 valence electrons.